The van der Waals surface area contributed by atoms with Crippen LogP contribution in [0.4, 0.5) is 0 Å². The number of hydrogen-bond acceptors (Lipinski definition) is 3. The van der Waals surface area contributed by atoms with Gasteiger partial charge < -0.3 is 4.90 Å². The molecule has 2 heterocycles. The number of nitrogens with zero attached hydrogens (tertiary/aromatic N) is 4. The lowest BCUT2D eigenvalue weighted by atomic mass is 9.60. The van der Waals surface area contributed by atoms with Gasteiger partial charge in [-0.15, -0.1) is 0 Å². The van der Waals surface area contributed by atoms with Gasteiger partial charge in [0.05, 0.1) is 0 Å². The van der Waals surface area contributed by atoms with Crippen LogP contribution in [0.3, 0.4) is 0 Å². The van der Waals surface area contributed by atoms with E-state index in [1.54, 1.807) is 11.0 Å². The number of aromatic nitrogens is 3. The van der Waals surface area contributed by atoms with Crippen molar-refractivity contribution in [3.05, 3.63) is 12.7 Å². The Labute approximate surface area is 119 Å². The molecule has 1 saturated heterocycles. The van der Waals surface area contributed by atoms with Crippen LogP contribution in [0.15, 0.2) is 12.7 Å². The summed E-state index contributed by atoms with van der Waals surface area (Å²) < 4.78 is 1.67. The summed E-state index contributed by atoms with van der Waals surface area (Å²) in [4.78, 5) is 18.7. The second kappa shape index (κ2) is 4.57. The van der Waals surface area contributed by atoms with E-state index in [-0.39, 0.29) is 11.9 Å². The monoisotopic (exact) mass is 274 g/mol. The molecule has 3 aliphatic carbocycles. The Bertz CT molecular complexity index is 472. The maximum absolute atomic E-state index is 12.7. The van der Waals surface area contributed by atoms with E-state index in [0.717, 1.165) is 36.8 Å². The predicted octanol–water partition coefficient (Wildman–Crippen LogP) is 1.73. The molecule has 1 aliphatic heterocycles. The summed E-state index contributed by atoms with van der Waals surface area (Å²) in [5.41, 5.74) is 0. The largest absolute Gasteiger partial charge is 0.340 e. The van der Waals surface area contributed by atoms with E-state index >= 15 is 0 Å². The first-order chi connectivity index (χ1) is 9.74. The fourth-order valence-electron chi connectivity index (χ4n) is 4.83. The zero-order valence-electron chi connectivity index (χ0n) is 12.0. The highest BCUT2D eigenvalue weighted by atomic mass is 16.2. The molecular weight excluding hydrogens is 252 g/mol. The third kappa shape index (κ3) is 1.79. The third-order valence-corrected chi connectivity index (χ3v) is 5.94. The number of hydrogen-bond donors (Lipinski definition) is 0. The Balaban J connectivity index is 1.49. The van der Waals surface area contributed by atoms with Gasteiger partial charge in [0.15, 0.2) is 0 Å². The Morgan fingerprint density at radius 3 is 2.25 bits per heavy atom. The van der Waals surface area contributed by atoms with E-state index in [1.165, 1.54) is 32.0 Å². The van der Waals surface area contributed by atoms with Crippen LogP contribution >= 0.6 is 0 Å². The second-order valence-corrected chi connectivity index (χ2v) is 6.80. The molecule has 20 heavy (non-hydrogen) atoms. The maximum Gasteiger partial charge on any atom is 0.247 e. The molecule has 3 saturated carbocycles. The first-order valence-corrected chi connectivity index (χ1v) is 7.87. The van der Waals surface area contributed by atoms with Crippen molar-refractivity contribution < 1.29 is 4.79 Å². The van der Waals surface area contributed by atoms with E-state index in [0.29, 0.717) is 0 Å². The fraction of sp³-hybridized carbons (Fsp3) is 0.800. The van der Waals surface area contributed by atoms with Crippen LogP contribution in [0.1, 0.15) is 38.6 Å². The maximum atomic E-state index is 12.7. The number of likely N-dealkylation sites (tertiary alicyclic amines) is 1. The van der Waals surface area contributed by atoms with Crippen LogP contribution < -0.4 is 0 Å². The van der Waals surface area contributed by atoms with E-state index in [2.05, 4.69) is 15.0 Å². The Morgan fingerprint density at radius 1 is 1.15 bits per heavy atom. The van der Waals surface area contributed by atoms with Gasteiger partial charge in [-0.3, -0.25) is 4.79 Å². The summed E-state index contributed by atoms with van der Waals surface area (Å²) >= 11 is 0. The molecule has 5 rings (SSSR count). The summed E-state index contributed by atoms with van der Waals surface area (Å²) in [7, 11) is 0. The van der Waals surface area contributed by atoms with Gasteiger partial charge in [0.1, 0.15) is 18.7 Å². The molecule has 5 heteroatoms. The number of rotatable bonds is 2. The minimum atomic E-state index is -0.227. The number of carbonyl (C=O) groups is 1. The smallest absolute Gasteiger partial charge is 0.247 e. The van der Waals surface area contributed by atoms with Crippen molar-refractivity contribution >= 4 is 5.91 Å². The highest BCUT2D eigenvalue weighted by Crippen LogP contribution is 2.51. The molecule has 2 bridgehead atoms. The highest BCUT2D eigenvalue weighted by molar-refractivity contribution is 5.80. The van der Waals surface area contributed by atoms with E-state index in [1.807, 2.05) is 6.92 Å². The van der Waals surface area contributed by atoms with Gasteiger partial charge in [0.25, 0.3) is 0 Å². The molecule has 1 aromatic rings. The predicted molar refractivity (Wildman–Crippen MR) is 73.7 cm³/mol. The van der Waals surface area contributed by atoms with Crippen molar-refractivity contribution in [3.63, 3.8) is 0 Å². The number of carbonyl (C=O) groups excluding carboxylic acids is 1. The summed E-state index contributed by atoms with van der Waals surface area (Å²) in [5.74, 6) is 3.52. The van der Waals surface area contributed by atoms with Crippen molar-refractivity contribution in [2.24, 2.45) is 23.7 Å². The van der Waals surface area contributed by atoms with Crippen LogP contribution in [-0.2, 0) is 4.79 Å². The molecule has 0 aromatic carbocycles. The van der Waals surface area contributed by atoms with E-state index < -0.39 is 0 Å². The molecule has 0 radical (unpaired) electrons. The molecule has 5 nitrogen and oxygen atoms in total. The topological polar surface area (TPSA) is 51.0 Å². The first kappa shape index (κ1) is 12.4. The van der Waals surface area contributed by atoms with Crippen LogP contribution in [0.5, 0.6) is 0 Å². The molecule has 3 atom stereocenters. The standard InChI is InChI=1S/C15H22N4O/c1-10(19-9-16-8-17-19)15(20)18-6-13-11-2-3-12(5-4-11)14(13)7-18/h8-14H,2-7H2,1H3/t10?,11?,12?,13-,14+. The lowest BCUT2D eigenvalue weighted by Gasteiger charge is -2.44. The Morgan fingerprint density at radius 2 is 1.75 bits per heavy atom. The van der Waals surface area contributed by atoms with Gasteiger partial charge in [0.2, 0.25) is 5.91 Å². The minimum Gasteiger partial charge on any atom is -0.340 e. The third-order valence-electron chi connectivity index (χ3n) is 5.94. The fourth-order valence-corrected chi connectivity index (χ4v) is 4.83. The summed E-state index contributed by atoms with van der Waals surface area (Å²) in [6.45, 7) is 3.88. The van der Waals surface area contributed by atoms with Gasteiger partial charge >= 0.3 is 0 Å². The van der Waals surface area contributed by atoms with Gasteiger partial charge in [-0.05, 0) is 56.3 Å². The normalized spacial score (nSPS) is 37.0. The molecule has 0 N–H and O–H groups in total. The van der Waals surface area contributed by atoms with Gasteiger partial charge in [-0.1, -0.05) is 0 Å². The van der Waals surface area contributed by atoms with Crippen LogP contribution in [0.2, 0.25) is 0 Å². The summed E-state index contributed by atoms with van der Waals surface area (Å²) in [6.07, 6.45) is 8.71. The van der Waals surface area contributed by atoms with Crippen molar-refractivity contribution in [1.82, 2.24) is 19.7 Å². The Kier molecular flexibility index (Phi) is 2.82. The van der Waals surface area contributed by atoms with Crippen molar-refractivity contribution in [2.45, 2.75) is 38.6 Å². The molecule has 1 aromatic heterocycles. The highest BCUT2D eigenvalue weighted by Gasteiger charge is 2.49. The molecule has 0 spiro atoms. The van der Waals surface area contributed by atoms with Crippen LogP contribution in [0.25, 0.3) is 0 Å². The Hall–Kier alpha value is -1.39. The second-order valence-electron chi connectivity index (χ2n) is 6.80. The molecule has 108 valence electrons. The van der Waals surface area contributed by atoms with Crippen molar-refractivity contribution in [3.8, 4) is 0 Å². The number of fused-ring (bicyclic) bond motifs is 2. The zero-order valence-corrected chi connectivity index (χ0v) is 12.0. The van der Waals surface area contributed by atoms with Gasteiger partial charge in [0, 0.05) is 13.1 Å². The molecule has 1 amide bonds. The van der Waals surface area contributed by atoms with Crippen LogP contribution in [0, 0.1) is 23.7 Å². The van der Waals surface area contributed by atoms with Crippen molar-refractivity contribution in [1.29, 1.82) is 0 Å². The summed E-state index contributed by atoms with van der Waals surface area (Å²) in [5, 5.41) is 4.10. The summed E-state index contributed by atoms with van der Waals surface area (Å²) in [6, 6.07) is -0.227. The molecule has 4 fully saturated rings. The van der Waals surface area contributed by atoms with Gasteiger partial charge in [-0.25, -0.2) is 9.67 Å². The van der Waals surface area contributed by atoms with Crippen LogP contribution in [-0.4, -0.2) is 38.7 Å². The first-order valence-electron chi connectivity index (χ1n) is 7.87. The molecule has 4 aliphatic rings. The average Bonchev–Trinajstić information content (AvgIpc) is 3.16. The molecular formula is C15H22N4O. The zero-order chi connectivity index (χ0) is 13.7. The average molecular weight is 274 g/mol. The number of amides is 1. The lowest BCUT2D eigenvalue weighted by molar-refractivity contribution is -0.133. The minimum absolute atomic E-state index is 0.212. The molecule has 1 unspecified atom stereocenters. The lowest BCUT2D eigenvalue weighted by Crippen LogP contribution is -2.38. The van der Waals surface area contributed by atoms with Gasteiger partial charge in [-0.2, -0.15) is 5.10 Å². The quantitative estimate of drug-likeness (QED) is 0.825. The van der Waals surface area contributed by atoms with E-state index in [9.17, 15) is 4.79 Å². The van der Waals surface area contributed by atoms with Crippen molar-refractivity contribution in [2.75, 3.05) is 13.1 Å². The SMILES string of the molecule is CC(C(=O)N1C[C@@H]2C3CCC(CC3)[C@@H]2C1)n1cncn1. The van der Waals surface area contributed by atoms with E-state index in [4.69, 9.17) is 0 Å².